The molecule has 1 aromatic rings. The van der Waals surface area contributed by atoms with Crippen LogP contribution in [0.15, 0.2) is 24.8 Å². The van der Waals surface area contributed by atoms with Crippen molar-refractivity contribution in [3.63, 3.8) is 0 Å². The summed E-state index contributed by atoms with van der Waals surface area (Å²) in [6.07, 6.45) is 12.7. The summed E-state index contributed by atoms with van der Waals surface area (Å²) in [5.74, 6) is 0. The van der Waals surface area contributed by atoms with Gasteiger partial charge in [-0.2, -0.15) is 0 Å². The highest BCUT2D eigenvalue weighted by molar-refractivity contribution is 5.68. The molecule has 1 spiro atoms. The Morgan fingerprint density at radius 1 is 1.27 bits per heavy atom. The van der Waals surface area contributed by atoms with Crippen molar-refractivity contribution in [2.24, 2.45) is 0 Å². The van der Waals surface area contributed by atoms with Crippen LogP contribution in [0.4, 0.5) is 0 Å². The fourth-order valence-corrected chi connectivity index (χ4v) is 2.71. The highest BCUT2D eigenvalue weighted by atomic mass is 15.0. The van der Waals surface area contributed by atoms with E-state index >= 15 is 0 Å². The lowest BCUT2D eigenvalue weighted by atomic mass is 9.92. The number of hydrogen-bond acceptors (Lipinski definition) is 3. The minimum absolute atomic E-state index is 0.366. The van der Waals surface area contributed by atoms with Gasteiger partial charge in [0.1, 0.15) is 6.33 Å². The number of nitrogens with zero attached hydrogens (tertiary/aromatic N) is 2. The van der Waals surface area contributed by atoms with E-state index in [1.165, 1.54) is 30.5 Å². The summed E-state index contributed by atoms with van der Waals surface area (Å²) in [6.45, 7) is 1.17. The predicted octanol–water partition coefficient (Wildman–Crippen LogP) is 1.78. The van der Waals surface area contributed by atoms with E-state index in [0.29, 0.717) is 5.54 Å². The fraction of sp³-hybridized carbons (Fsp3) is 0.500. The van der Waals surface area contributed by atoms with Gasteiger partial charge < -0.3 is 5.32 Å². The van der Waals surface area contributed by atoms with Crippen LogP contribution in [0, 0.1) is 0 Å². The topological polar surface area (TPSA) is 37.8 Å². The maximum atomic E-state index is 4.07. The molecule has 1 aliphatic carbocycles. The first-order valence-corrected chi connectivity index (χ1v) is 5.57. The summed E-state index contributed by atoms with van der Waals surface area (Å²) in [5.41, 5.74) is 2.96. The maximum Gasteiger partial charge on any atom is 0.115 e. The fourth-order valence-electron chi connectivity index (χ4n) is 2.71. The van der Waals surface area contributed by atoms with Crippen LogP contribution >= 0.6 is 0 Å². The van der Waals surface area contributed by atoms with Gasteiger partial charge in [-0.05, 0) is 37.8 Å². The van der Waals surface area contributed by atoms with Crippen molar-refractivity contribution in [2.75, 3.05) is 6.54 Å². The molecule has 1 aliphatic heterocycles. The normalized spacial score (nSPS) is 29.7. The van der Waals surface area contributed by atoms with Crippen LogP contribution in [0.25, 0.3) is 5.57 Å². The van der Waals surface area contributed by atoms with E-state index in [1.54, 1.807) is 6.33 Å². The van der Waals surface area contributed by atoms with Crippen molar-refractivity contribution in [1.29, 1.82) is 0 Å². The van der Waals surface area contributed by atoms with E-state index in [4.69, 9.17) is 0 Å². The Kier molecular flexibility index (Phi) is 2.06. The predicted molar refractivity (Wildman–Crippen MR) is 59.2 cm³/mol. The standard InChI is InChI=1S/C12H15N3/c1-3-12(15-5-1)4-2-10(6-12)11-7-13-9-14-8-11/h2,7-9,15H,1,3-6H2. The van der Waals surface area contributed by atoms with Gasteiger partial charge in [-0.3, -0.25) is 0 Å². The van der Waals surface area contributed by atoms with Crippen LogP contribution in [-0.2, 0) is 0 Å². The Morgan fingerprint density at radius 3 is 2.87 bits per heavy atom. The maximum absolute atomic E-state index is 4.07. The molecule has 0 radical (unpaired) electrons. The van der Waals surface area contributed by atoms with Crippen molar-refractivity contribution in [3.8, 4) is 0 Å². The van der Waals surface area contributed by atoms with Gasteiger partial charge in [-0.25, -0.2) is 9.97 Å². The van der Waals surface area contributed by atoms with Crippen LogP contribution in [0.5, 0.6) is 0 Å². The van der Waals surface area contributed by atoms with Crippen molar-refractivity contribution < 1.29 is 0 Å². The van der Waals surface area contributed by atoms with Gasteiger partial charge in [0.15, 0.2) is 0 Å². The van der Waals surface area contributed by atoms with E-state index in [9.17, 15) is 0 Å². The van der Waals surface area contributed by atoms with E-state index in [1.807, 2.05) is 12.4 Å². The molecular formula is C12H15N3. The number of rotatable bonds is 1. The van der Waals surface area contributed by atoms with Crippen LogP contribution in [0.2, 0.25) is 0 Å². The highest BCUT2D eigenvalue weighted by Gasteiger charge is 2.36. The third-order valence-electron chi connectivity index (χ3n) is 3.53. The van der Waals surface area contributed by atoms with E-state index in [2.05, 4.69) is 21.4 Å². The molecule has 0 saturated carbocycles. The Labute approximate surface area is 89.6 Å². The van der Waals surface area contributed by atoms with Crippen LogP contribution < -0.4 is 5.32 Å². The van der Waals surface area contributed by atoms with Gasteiger partial charge in [0, 0.05) is 23.5 Å². The van der Waals surface area contributed by atoms with Gasteiger partial charge in [-0.15, -0.1) is 0 Å². The smallest absolute Gasteiger partial charge is 0.115 e. The number of hydrogen-bond donors (Lipinski definition) is 1. The van der Waals surface area contributed by atoms with Crippen molar-refractivity contribution in [2.45, 2.75) is 31.2 Å². The quantitative estimate of drug-likeness (QED) is 0.752. The second kappa shape index (κ2) is 3.42. The molecule has 15 heavy (non-hydrogen) atoms. The van der Waals surface area contributed by atoms with Crippen LogP contribution in [-0.4, -0.2) is 22.1 Å². The summed E-state index contributed by atoms with van der Waals surface area (Å²) in [7, 11) is 0. The molecule has 78 valence electrons. The molecule has 0 bridgehead atoms. The summed E-state index contributed by atoms with van der Waals surface area (Å²) in [6, 6.07) is 0. The zero-order chi connectivity index (χ0) is 10.1. The van der Waals surface area contributed by atoms with Crippen molar-refractivity contribution in [1.82, 2.24) is 15.3 Å². The Morgan fingerprint density at radius 2 is 2.13 bits per heavy atom. The first-order chi connectivity index (χ1) is 7.38. The molecule has 1 atom stereocenters. The summed E-state index contributed by atoms with van der Waals surface area (Å²) in [4.78, 5) is 8.14. The van der Waals surface area contributed by atoms with Crippen molar-refractivity contribution in [3.05, 3.63) is 30.4 Å². The molecule has 1 N–H and O–H groups in total. The molecule has 3 heteroatoms. The summed E-state index contributed by atoms with van der Waals surface area (Å²) < 4.78 is 0. The average molecular weight is 201 g/mol. The number of nitrogens with one attached hydrogen (secondary N) is 1. The zero-order valence-electron chi connectivity index (χ0n) is 8.74. The van der Waals surface area contributed by atoms with Gasteiger partial charge in [0.2, 0.25) is 0 Å². The van der Waals surface area contributed by atoms with Crippen LogP contribution in [0.1, 0.15) is 31.2 Å². The van der Waals surface area contributed by atoms with E-state index < -0.39 is 0 Å². The van der Waals surface area contributed by atoms with Gasteiger partial charge >= 0.3 is 0 Å². The Bertz CT molecular complexity index is 377. The number of aromatic nitrogens is 2. The molecule has 1 saturated heterocycles. The van der Waals surface area contributed by atoms with Crippen molar-refractivity contribution >= 4 is 5.57 Å². The first-order valence-electron chi connectivity index (χ1n) is 5.57. The minimum Gasteiger partial charge on any atom is -0.311 e. The molecule has 1 unspecified atom stereocenters. The second-order valence-electron chi connectivity index (χ2n) is 4.55. The lowest BCUT2D eigenvalue weighted by Crippen LogP contribution is -2.36. The second-order valence-corrected chi connectivity index (χ2v) is 4.55. The molecule has 1 aromatic heterocycles. The largest absolute Gasteiger partial charge is 0.311 e. The first kappa shape index (κ1) is 9.04. The molecule has 3 nitrogen and oxygen atoms in total. The van der Waals surface area contributed by atoms with E-state index in [-0.39, 0.29) is 0 Å². The molecule has 2 heterocycles. The monoisotopic (exact) mass is 201 g/mol. The van der Waals surface area contributed by atoms with Gasteiger partial charge in [0.25, 0.3) is 0 Å². The van der Waals surface area contributed by atoms with Gasteiger partial charge in [0.05, 0.1) is 0 Å². The lowest BCUT2D eigenvalue weighted by molar-refractivity contribution is 0.406. The summed E-state index contributed by atoms with van der Waals surface area (Å²) >= 11 is 0. The lowest BCUT2D eigenvalue weighted by Gasteiger charge is -2.23. The van der Waals surface area contributed by atoms with E-state index in [0.717, 1.165) is 12.8 Å². The Balaban J connectivity index is 1.81. The molecule has 1 fully saturated rings. The molecule has 2 aliphatic rings. The third-order valence-corrected chi connectivity index (χ3v) is 3.53. The Hall–Kier alpha value is -1.22. The minimum atomic E-state index is 0.366. The molecule has 3 rings (SSSR count). The molecule has 0 aromatic carbocycles. The highest BCUT2D eigenvalue weighted by Crippen LogP contribution is 2.39. The molecular weight excluding hydrogens is 186 g/mol. The van der Waals surface area contributed by atoms with Crippen LogP contribution in [0.3, 0.4) is 0 Å². The SMILES string of the molecule is C1=C(c2cncnc2)CC2(C1)CCCN2. The third kappa shape index (κ3) is 1.57. The van der Waals surface area contributed by atoms with Gasteiger partial charge in [-0.1, -0.05) is 6.08 Å². The average Bonchev–Trinajstić information content (AvgIpc) is 2.91. The zero-order valence-corrected chi connectivity index (χ0v) is 8.74. The summed E-state index contributed by atoms with van der Waals surface area (Å²) in [5, 5.41) is 3.64. The molecule has 0 amide bonds.